The van der Waals surface area contributed by atoms with Crippen molar-refractivity contribution in [1.82, 2.24) is 4.98 Å². The normalized spacial score (nSPS) is 10.6. The summed E-state index contributed by atoms with van der Waals surface area (Å²) in [5.74, 6) is -1.08. The van der Waals surface area contributed by atoms with Gasteiger partial charge in [0.1, 0.15) is 5.75 Å². The number of pyridine rings is 1. The number of nitrogens with zero attached hydrogens (tertiary/aromatic N) is 1. The second kappa shape index (κ2) is 4.87. The fourth-order valence-electron chi connectivity index (χ4n) is 1.25. The van der Waals surface area contributed by atoms with Crippen molar-refractivity contribution in [3.05, 3.63) is 23.0 Å². The largest absolute Gasteiger partial charge is 0.506 e. The van der Waals surface area contributed by atoms with E-state index < -0.39 is 24.4 Å². The molecule has 0 aliphatic heterocycles. The van der Waals surface area contributed by atoms with Crippen molar-refractivity contribution in [1.29, 1.82) is 0 Å². The molecule has 0 saturated heterocycles. The van der Waals surface area contributed by atoms with E-state index >= 15 is 0 Å². The number of esters is 1. The Balaban J connectivity index is 3.20. The van der Waals surface area contributed by atoms with Crippen LogP contribution < -0.4 is 0 Å². The lowest BCUT2D eigenvalue weighted by molar-refractivity contribution is -0.139. The van der Waals surface area contributed by atoms with Gasteiger partial charge < -0.3 is 9.84 Å². The zero-order valence-corrected chi connectivity index (χ0v) is 8.83. The maximum Gasteiger partial charge on any atom is 0.310 e. The molecular formula is C10H11F2NO3. The molecular weight excluding hydrogens is 220 g/mol. The fourth-order valence-corrected chi connectivity index (χ4v) is 1.25. The van der Waals surface area contributed by atoms with Crippen LogP contribution in [-0.4, -0.2) is 23.2 Å². The van der Waals surface area contributed by atoms with Gasteiger partial charge in [-0.05, 0) is 6.92 Å². The number of aromatic hydroxyl groups is 1. The number of hydrogen-bond acceptors (Lipinski definition) is 4. The molecule has 0 fully saturated rings. The quantitative estimate of drug-likeness (QED) is 0.805. The van der Waals surface area contributed by atoms with Crippen LogP contribution in [0.15, 0.2) is 6.20 Å². The number of methoxy groups -OCH3 is 1. The van der Waals surface area contributed by atoms with Crippen LogP contribution in [0.1, 0.15) is 23.2 Å². The summed E-state index contributed by atoms with van der Waals surface area (Å²) >= 11 is 0. The lowest BCUT2D eigenvalue weighted by atomic mass is 10.0. The van der Waals surface area contributed by atoms with Crippen molar-refractivity contribution in [3.63, 3.8) is 0 Å². The van der Waals surface area contributed by atoms with E-state index in [-0.39, 0.29) is 17.0 Å². The SMILES string of the molecule is COC(=O)Cc1c(C(F)F)cnc(C)c1O. The molecule has 0 aromatic carbocycles. The van der Waals surface area contributed by atoms with E-state index in [4.69, 9.17) is 0 Å². The minimum absolute atomic E-state index is 0.130. The summed E-state index contributed by atoms with van der Waals surface area (Å²) in [5.41, 5.74) is -0.383. The van der Waals surface area contributed by atoms with Gasteiger partial charge in [0.25, 0.3) is 6.43 Å². The van der Waals surface area contributed by atoms with Crippen LogP contribution in [0.3, 0.4) is 0 Å². The van der Waals surface area contributed by atoms with E-state index in [1.165, 1.54) is 6.92 Å². The number of aromatic nitrogens is 1. The Morgan fingerprint density at radius 3 is 2.75 bits per heavy atom. The Labute approximate surface area is 90.9 Å². The molecule has 0 radical (unpaired) electrons. The van der Waals surface area contributed by atoms with Crippen molar-refractivity contribution in [2.24, 2.45) is 0 Å². The Bertz CT molecular complexity index is 407. The number of aryl methyl sites for hydroxylation is 1. The molecule has 0 amide bonds. The summed E-state index contributed by atoms with van der Waals surface area (Å²) in [6, 6.07) is 0. The first-order valence-corrected chi connectivity index (χ1v) is 4.49. The first-order chi connectivity index (χ1) is 7.47. The zero-order valence-electron chi connectivity index (χ0n) is 8.83. The van der Waals surface area contributed by atoms with Crippen LogP contribution in [-0.2, 0) is 16.0 Å². The monoisotopic (exact) mass is 231 g/mol. The first-order valence-electron chi connectivity index (χ1n) is 4.49. The summed E-state index contributed by atoms with van der Waals surface area (Å²) in [6.45, 7) is 1.46. The van der Waals surface area contributed by atoms with Gasteiger partial charge in [0.2, 0.25) is 0 Å². The number of halogens is 2. The van der Waals surface area contributed by atoms with Crippen molar-refractivity contribution in [3.8, 4) is 5.75 Å². The van der Waals surface area contributed by atoms with Gasteiger partial charge in [-0.25, -0.2) is 8.78 Å². The molecule has 0 bridgehead atoms. The molecule has 16 heavy (non-hydrogen) atoms. The van der Waals surface area contributed by atoms with E-state index in [0.29, 0.717) is 0 Å². The van der Waals surface area contributed by atoms with Crippen LogP contribution >= 0.6 is 0 Å². The van der Waals surface area contributed by atoms with Crippen molar-refractivity contribution in [2.75, 3.05) is 7.11 Å². The highest BCUT2D eigenvalue weighted by Crippen LogP contribution is 2.30. The summed E-state index contributed by atoms with van der Waals surface area (Å²) in [7, 11) is 1.15. The second-order valence-corrected chi connectivity index (χ2v) is 3.18. The number of carbonyl (C=O) groups excluding carboxylic acids is 1. The predicted molar refractivity (Wildman–Crippen MR) is 51.3 cm³/mol. The van der Waals surface area contributed by atoms with Crippen molar-refractivity contribution in [2.45, 2.75) is 19.8 Å². The van der Waals surface area contributed by atoms with E-state index in [0.717, 1.165) is 13.3 Å². The standard InChI is InChI=1S/C10H11F2NO3/c1-5-9(15)6(3-8(14)16-2)7(4-13-5)10(11)12/h4,10,15H,3H2,1-2H3. The minimum atomic E-state index is -2.79. The van der Waals surface area contributed by atoms with E-state index in [1.54, 1.807) is 0 Å². The third-order valence-electron chi connectivity index (χ3n) is 2.16. The van der Waals surface area contributed by atoms with Gasteiger partial charge >= 0.3 is 5.97 Å². The number of rotatable bonds is 3. The Kier molecular flexibility index (Phi) is 3.76. The van der Waals surface area contributed by atoms with Gasteiger partial charge in [0.15, 0.2) is 0 Å². The molecule has 0 atom stereocenters. The van der Waals surface area contributed by atoms with Crippen LogP contribution in [0.25, 0.3) is 0 Å². The van der Waals surface area contributed by atoms with Gasteiger partial charge in [-0.2, -0.15) is 0 Å². The van der Waals surface area contributed by atoms with Gasteiger partial charge in [0, 0.05) is 17.3 Å². The van der Waals surface area contributed by atoms with Crippen LogP contribution in [0.5, 0.6) is 5.75 Å². The Morgan fingerprint density at radius 2 is 2.25 bits per heavy atom. The molecule has 1 aromatic heterocycles. The van der Waals surface area contributed by atoms with Gasteiger partial charge in [-0.1, -0.05) is 0 Å². The number of ether oxygens (including phenoxy) is 1. The molecule has 1 rings (SSSR count). The third kappa shape index (κ3) is 2.44. The second-order valence-electron chi connectivity index (χ2n) is 3.18. The van der Waals surface area contributed by atoms with Gasteiger partial charge in [-0.15, -0.1) is 0 Å². The number of alkyl halides is 2. The van der Waals surface area contributed by atoms with Crippen LogP contribution in [0, 0.1) is 6.92 Å². The van der Waals surface area contributed by atoms with Gasteiger partial charge in [-0.3, -0.25) is 9.78 Å². The molecule has 0 saturated carbocycles. The average molecular weight is 231 g/mol. The van der Waals surface area contributed by atoms with Crippen LogP contribution in [0.2, 0.25) is 0 Å². The molecule has 6 heteroatoms. The van der Waals surface area contributed by atoms with Gasteiger partial charge in [0.05, 0.1) is 19.2 Å². The number of carbonyl (C=O) groups is 1. The lowest BCUT2D eigenvalue weighted by Crippen LogP contribution is -2.08. The highest BCUT2D eigenvalue weighted by Gasteiger charge is 2.21. The summed E-state index contributed by atoms with van der Waals surface area (Å²) < 4.78 is 29.5. The van der Waals surface area contributed by atoms with E-state index in [9.17, 15) is 18.7 Å². The summed E-state index contributed by atoms with van der Waals surface area (Å²) in [5, 5.41) is 9.57. The molecule has 1 heterocycles. The number of hydrogen-bond donors (Lipinski definition) is 1. The highest BCUT2D eigenvalue weighted by atomic mass is 19.3. The topological polar surface area (TPSA) is 59.4 Å². The average Bonchev–Trinajstić information content (AvgIpc) is 2.24. The molecule has 1 aromatic rings. The first kappa shape index (κ1) is 12.4. The smallest absolute Gasteiger partial charge is 0.310 e. The highest BCUT2D eigenvalue weighted by molar-refractivity contribution is 5.74. The molecule has 0 aliphatic carbocycles. The molecule has 1 N–H and O–H groups in total. The molecule has 0 aliphatic rings. The molecule has 0 unspecified atom stereocenters. The van der Waals surface area contributed by atoms with Crippen molar-refractivity contribution >= 4 is 5.97 Å². The molecule has 0 spiro atoms. The fraction of sp³-hybridized carbons (Fsp3) is 0.400. The Morgan fingerprint density at radius 1 is 1.62 bits per heavy atom. The van der Waals surface area contributed by atoms with E-state index in [2.05, 4.69) is 9.72 Å². The Hall–Kier alpha value is -1.72. The summed E-state index contributed by atoms with van der Waals surface area (Å²) in [6.07, 6.45) is -2.23. The molecule has 88 valence electrons. The lowest BCUT2D eigenvalue weighted by Gasteiger charge is -2.11. The maximum atomic E-state index is 12.6. The zero-order chi connectivity index (χ0) is 12.3. The minimum Gasteiger partial charge on any atom is -0.506 e. The van der Waals surface area contributed by atoms with Crippen molar-refractivity contribution < 1.29 is 23.4 Å². The molecule has 4 nitrogen and oxygen atoms in total. The summed E-state index contributed by atoms with van der Waals surface area (Å²) in [4.78, 5) is 14.6. The third-order valence-corrected chi connectivity index (χ3v) is 2.16. The van der Waals surface area contributed by atoms with E-state index in [1.807, 2.05) is 0 Å². The predicted octanol–water partition coefficient (Wildman–Crippen LogP) is 1.75. The van der Waals surface area contributed by atoms with Crippen LogP contribution in [0.4, 0.5) is 8.78 Å². The maximum absolute atomic E-state index is 12.6.